The van der Waals surface area contributed by atoms with Crippen molar-refractivity contribution in [2.75, 3.05) is 0 Å². The standard InChI is InChI=1S/C20H30O2/c1-20(2)13-12-15-7-3-4-8-16(15)18(19(21)22)17(20)9-5-6-14-10-11-14/h3-5,7,9,14,16-19,21-22H,6,8,10-13H2,1-2H3/b9-5+/t16-,17-,18?/m1/s1. The average molecular weight is 302 g/mol. The monoisotopic (exact) mass is 302 g/mol. The fourth-order valence-corrected chi connectivity index (χ4v) is 4.32. The Morgan fingerprint density at radius 3 is 2.77 bits per heavy atom. The number of aliphatic hydroxyl groups is 2. The molecular weight excluding hydrogens is 272 g/mol. The summed E-state index contributed by atoms with van der Waals surface area (Å²) in [6.07, 6.45) is 16.9. The van der Waals surface area contributed by atoms with E-state index in [-0.39, 0.29) is 23.2 Å². The third-order valence-electron chi connectivity index (χ3n) is 6.01. The Balaban J connectivity index is 1.88. The first-order valence-corrected chi connectivity index (χ1v) is 8.87. The van der Waals surface area contributed by atoms with Gasteiger partial charge >= 0.3 is 0 Å². The average Bonchev–Trinajstić information content (AvgIpc) is 3.28. The van der Waals surface area contributed by atoms with Gasteiger partial charge in [0.1, 0.15) is 0 Å². The van der Waals surface area contributed by atoms with Gasteiger partial charge in [-0.3, -0.25) is 0 Å². The summed E-state index contributed by atoms with van der Waals surface area (Å²) in [7, 11) is 0. The molecule has 2 nitrogen and oxygen atoms in total. The molecule has 2 heteroatoms. The summed E-state index contributed by atoms with van der Waals surface area (Å²) in [5, 5.41) is 20.3. The molecule has 3 atom stereocenters. The van der Waals surface area contributed by atoms with Gasteiger partial charge in [0, 0.05) is 5.92 Å². The molecule has 0 aliphatic heterocycles. The molecule has 0 saturated heterocycles. The van der Waals surface area contributed by atoms with Gasteiger partial charge in [0.25, 0.3) is 0 Å². The highest BCUT2D eigenvalue weighted by Gasteiger charge is 2.44. The molecule has 2 fully saturated rings. The molecule has 3 aliphatic carbocycles. The van der Waals surface area contributed by atoms with Gasteiger partial charge in [0.2, 0.25) is 0 Å². The fraction of sp³-hybridized carbons (Fsp3) is 0.700. The molecule has 0 aromatic heterocycles. The lowest BCUT2D eigenvalue weighted by atomic mass is 9.67. The molecule has 2 N–H and O–H groups in total. The number of allylic oxidation sites excluding steroid dienone is 6. The maximum Gasteiger partial charge on any atom is 0.155 e. The molecule has 22 heavy (non-hydrogen) atoms. The van der Waals surface area contributed by atoms with Crippen LogP contribution in [0.15, 0.2) is 36.0 Å². The SMILES string of the molecule is CC1(C)CCC2=CC=CC[C@H]2C(C(O)O)[C@H]1/C=C/CC1CC1. The van der Waals surface area contributed by atoms with Gasteiger partial charge in [0.05, 0.1) is 0 Å². The number of hydrogen-bond acceptors (Lipinski definition) is 2. The Morgan fingerprint density at radius 2 is 2.09 bits per heavy atom. The summed E-state index contributed by atoms with van der Waals surface area (Å²) in [6.45, 7) is 4.58. The van der Waals surface area contributed by atoms with E-state index in [9.17, 15) is 10.2 Å². The van der Waals surface area contributed by atoms with E-state index < -0.39 is 6.29 Å². The summed E-state index contributed by atoms with van der Waals surface area (Å²) in [5.41, 5.74) is 1.51. The molecule has 0 bridgehead atoms. The van der Waals surface area contributed by atoms with Crippen LogP contribution in [0.1, 0.15) is 52.4 Å². The van der Waals surface area contributed by atoms with E-state index in [0.717, 1.165) is 31.6 Å². The number of fused-ring (bicyclic) bond motifs is 1. The van der Waals surface area contributed by atoms with E-state index >= 15 is 0 Å². The van der Waals surface area contributed by atoms with Crippen LogP contribution >= 0.6 is 0 Å². The second kappa shape index (κ2) is 6.33. The van der Waals surface area contributed by atoms with Gasteiger partial charge in [-0.05, 0) is 61.7 Å². The van der Waals surface area contributed by atoms with Crippen molar-refractivity contribution < 1.29 is 10.2 Å². The lowest BCUT2D eigenvalue weighted by molar-refractivity contribution is -0.119. The quantitative estimate of drug-likeness (QED) is 0.603. The highest BCUT2D eigenvalue weighted by Crippen LogP contribution is 2.50. The predicted octanol–water partition coefficient (Wildman–Crippen LogP) is 4.21. The molecule has 3 aliphatic rings. The van der Waals surface area contributed by atoms with Crippen LogP contribution in [0.5, 0.6) is 0 Å². The van der Waals surface area contributed by atoms with Crippen molar-refractivity contribution in [2.24, 2.45) is 29.1 Å². The van der Waals surface area contributed by atoms with Gasteiger partial charge in [-0.25, -0.2) is 0 Å². The van der Waals surface area contributed by atoms with Crippen LogP contribution in [-0.2, 0) is 0 Å². The van der Waals surface area contributed by atoms with Crippen LogP contribution in [0.25, 0.3) is 0 Å². The zero-order valence-corrected chi connectivity index (χ0v) is 13.9. The number of aliphatic hydroxyl groups excluding tert-OH is 1. The first-order chi connectivity index (χ1) is 10.5. The molecule has 0 amide bonds. The molecule has 3 rings (SSSR count). The third-order valence-corrected chi connectivity index (χ3v) is 6.01. The van der Waals surface area contributed by atoms with Gasteiger partial charge in [0.15, 0.2) is 6.29 Å². The topological polar surface area (TPSA) is 40.5 Å². The smallest absolute Gasteiger partial charge is 0.155 e. The van der Waals surface area contributed by atoms with Crippen LogP contribution in [0.3, 0.4) is 0 Å². The maximum absolute atomic E-state index is 10.1. The third kappa shape index (κ3) is 3.38. The molecule has 0 radical (unpaired) electrons. The molecule has 1 unspecified atom stereocenters. The Kier molecular flexibility index (Phi) is 4.61. The van der Waals surface area contributed by atoms with Crippen LogP contribution in [0, 0.1) is 29.1 Å². The van der Waals surface area contributed by atoms with Crippen molar-refractivity contribution in [3.8, 4) is 0 Å². The highest BCUT2D eigenvalue weighted by atomic mass is 16.5. The normalized spacial score (nSPS) is 34.6. The zero-order chi connectivity index (χ0) is 15.7. The largest absolute Gasteiger partial charge is 0.368 e. The van der Waals surface area contributed by atoms with E-state index in [1.54, 1.807) is 0 Å². The molecular formula is C20H30O2. The minimum absolute atomic E-state index is 0.0934. The first kappa shape index (κ1) is 16.0. The number of hydrogen-bond donors (Lipinski definition) is 2. The molecule has 122 valence electrons. The molecule has 0 aromatic carbocycles. The molecule has 0 aromatic rings. The summed E-state index contributed by atoms with van der Waals surface area (Å²) < 4.78 is 0. The molecule has 0 spiro atoms. The van der Waals surface area contributed by atoms with Crippen LogP contribution in [-0.4, -0.2) is 16.5 Å². The minimum Gasteiger partial charge on any atom is -0.368 e. The molecule has 0 heterocycles. The van der Waals surface area contributed by atoms with Gasteiger partial charge < -0.3 is 10.2 Å². The van der Waals surface area contributed by atoms with E-state index in [0.29, 0.717) is 0 Å². The van der Waals surface area contributed by atoms with Crippen LogP contribution in [0.4, 0.5) is 0 Å². The highest BCUT2D eigenvalue weighted by molar-refractivity contribution is 5.25. The Bertz CT molecular complexity index is 480. The number of rotatable bonds is 4. The maximum atomic E-state index is 10.1. The van der Waals surface area contributed by atoms with Crippen LogP contribution in [0.2, 0.25) is 0 Å². The molecule has 2 saturated carbocycles. The van der Waals surface area contributed by atoms with E-state index in [1.165, 1.54) is 18.4 Å². The minimum atomic E-state index is -1.24. The van der Waals surface area contributed by atoms with E-state index in [2.05, 4.69) is 44.2 Å². The summed E-state index contributed by atoms with van der Waals surface area (Å²) in [4.78, 5) is 0. The van der Waals surface area contributed by atoms with Gasteiger partial charge in [-0.15, -0.1) is 0 Å². The predicted molar refractivity (Wildman–Crippen MR) is 90.0 cm³/mol. The lowest BCUT2D eigenvalue weighted by Crippen LogP contribution is -2.39. The van der Waals surface area contributed by atoms with Crippen molar-refractivity contribution in [3.63, 3.8) is 0 Å². The second-order valence-corrected chi connectivity index (χ2v) is 8.12. The fourth-order valence-electron chi connectivity index (χ4n) is 4.32. The van der Waals surface area contributed by atoms with E-state index in [4.69, 9.17) is 0 Å². The Morgan fingerprint density at radius 1 is 1.32 bits per heavy atom. The van der Waals surface area contributed by atoms with Crippen molar-refractivity contribution in [3.05, 3.63) is 36.0 Å². The second-order valence-electron chi connectivity index (χ2n) is 8.12. The first-order valence-electron chi connectivity index (χ1n) is 8.87. The van der Waals surface area contributed by atoms with Crippen molar-refractivity contribution >= 4 is 0 Å². The Hall–Kier alpha value is -0.860. The van der Waals surface area contributed by atoms with Crippen molar-refractivity contribution in [1.29, 1.82) is 0 Å². The van der Waals surface area contributed by atoms with Gasteiger partial charge in [-0.1, -0.05) is 49.8 Å². The zero-order valence-electron chi connectivity index (χ0n) is 13.9. The van der Waals surface area contributed by atoms with E-state index in [1.807, 2.05) is 0 Å². The Labute approximate surface area is 134 Å². The summed E-state index contributed by atoms with van der Waals surface area (Å²) in [5.74, 6) is 1.30. The van der Waals surface area contributed by atoms with Crippen LogP contribution < -0.4 is 0 Å². The van der Waals surface area contributed by atoms with Gasteiger partial charge in [-0.2, -0.15) is 0 Å². The summed E-state index contributed by atoms with van der Waals surface area (Å²) in [6, 6.07) is 0. The van der Waals surface area contributed by atoms with Crippen molar-refractivity contribution in [1.82, 2.24) is 0 Å². The van der Waals surface area contributed by atoms with Crippen molar-refractivity contribution in [2.45, 2.75) is 58.7 Å². The summed E-state index contributed by atoms with van der Waals surface area (Å²) >= 11 is 0. The lowest BCUT2D eigenvalue weighted by Gasteiger charge is -2.39.